The lowest BCUT2D eigenvalue weighted by Crippen LogP contribution is -2.51. The minimum Gasteiger partial charge on any atom is -0.445 e. The lowest BCUT2D eigenvalue weighted by atomic mass is 9.80. The zero-order valence-electron chi connectivity index (χ0n) is 15.5. The maximum atomic E-state index is 12.1. The molecule has 2 unspecified atom stereocenters. The lowest BCUT2D eigenvalue weighted by molar-refractivity contribution is 0.104. The van der Waals surface area contributed by atoms with Gasteiger partial charge in [-0.3, -0.25) is 4.90 Å². The van der Waals surface area contributed by atoms with Gasteiger partial charge in [-0.1, -0.05) is 51.1 Å². The molecule has 1 fully saturated rings. The molecule has 1 aromatic carbocycles. The number of nitrogens with zero attached hydrogens (tertiary/aromatic N) is 2. The standard InChI is InChI=1S/C20H29N3O2/c1-20(2,3)12-17-11-18(14-23(13-17)10-9-21)22-19(24)25-15-16-7-5-4-6-8-16/h4-8,17-18H,10-15H2,1-3H3,(H,22,24). The van der Waals surface area contributed by atoms with Crippen LogP contribution in [0.15, 0.2) is 30.3 Å². The van der Waals surface area contributed by atoms with Gasteiger partial charge in [0.25, 0.3) is 0 Å². The Hall–Kier alpha value is -2.06. The van der Waals surface area contributed by atoms with Crippen LogP contribution in [0.4, 0.5) is 4.79 Å². The van der Waals surface area contributed by atoms with Crippen molar-refractivity contribution in [1.82, 2.24) is 10.2 Å². The third-order valence-electron chi connectivity index (χ3n) is 4.34. The Morgan fingerprint density at radius 3 is 2.68 bits per heavy atom. The topological polar surface area (TPSA) is 65.4 Å². The maximum Gasteiger partial charge on any atom is 0.407 e. The summed E-state index contributed by atoms with van der Waals surface area (Å²) in [6, 6.07) is 11.9. The van der Waals surface area contributed by atoms with Crippen LogP contribution in [0.25, 0.3) is 0 Å². The first kappa shape index (κ1) is 19.3. The van der Waals surface area contributed by atoms with Crippen molar-refractivity contribution in [2.75, 3.05) is 19.6 Å². The van der Waals surface area contributed by atoms with Crippen molar-refractivity contribution in [2.45, 2.75) is 46.3 Å². The molecule has 5 nitrogen and oxygen atoms in total. The second-order valence-electron chi connectivity index (χ2n) is 8.12. The molecule has 2 rings (SSSR count). The number of carbonyl (C=O) groups excluding carboxylic acids is 1. The van der Waals surface area contributed by atoms with Crippen LogP contribution in [0, 0.1) is 22.7 Å². The second-order valence-corrected chi connectivity index (χ2v) is 8.12. The molecular weight excluding hydrogens is 314 g/mol. The fraction of sp³-hybridized carbons (Fsp3) is 0.600. The average Bonchev–Trinajstić information content (AvgIpc) is 2.52. The quantitative estimate of drug-likeness (QED) is 0.830. The number of nitriles is 1. The van der Waals surface area contributed by atoms with Crippen molar-refractivity contribution in [2.24, 2.45) is 11.3 Å². The summed E-state index contributed by atoms with van der Waals surface area (Å²) in [6.07, 6.45) is 1.62. The molecule has 2 atom stereocenters. The van der Waals surface area contributed by atoms with Crippen LogP contribution in [0.3, 0.4) is 0 Å². The Kier molecular flexibility index (Phi) is 6.83. The molecule has 1 aliphatic heterocycles. The fourth-order valence-corrected chi connectivity index (χ4v) is 3.58. The van der Waals surface area contributed by atoms with E-state index in [0.717, 1.165) is 24.9 Å². The normalized spacial score (nSPS) is 21.4. The van der Waals surface area contributed by atoms with E-state index in [2.05, 4.69) is 37.1 Å². The summed E-state index contributed by atoms with van der Waals surface area (Å²) in [5.74, 6) is 0.474. The highest BCUT2D eigenvalue weighted by Crippen LogP contribution is 2.30. The number of amides is 1. The molecule has 25 heavy (non-hydrogen) atoms. The minimum atomic E-state index is -0.387. The molecule has 0 bridgehead atoms. The molecule has 1 amide bonds. The number of ether oxygens (including phenoxy) is 1. The van der Waals surface area contributed by atoms with Gasteiger partial charge >= 0.3 is 6.09 Å². The molecule has 0 aromatic heterocycles. The Bertz CT molecular complexity index is 589. The van der Waals surface area contributed by atoms with Gasteiger partial charge in [-0.05, 0) is 29.7 Å². The molecule has 136 valence electrons. The van der Waals surface area contributed by atoms with Gasteiger partial charge in [0, 0.05) is 19.1 Å². The number of likely N-dealkylation sites (tertiary alicyclic amines) is 1. The van der Waals surface area contributed by atoms with Crippen molar-refractivity contribution in [3.8, 4) is 6.07 Å². The summed E-state index contributed by atoms with van der Waals surface area (Å²) in [4.78, 5) is 14.3. The van der Waals surface area contributed by atoms with Crippen LogP contribution >= 0.6 is 0 Å². The van der Waals surface area contributed by atoms with Crippen molar-refractivity contribution in [1.29, 1.82) is 5.26 Å². The summed E-state index contributed by atoms with van der Waals surface area (Å²) < 4.78 is 5.33. The van der Waals surface area contributed by atoms with E-state index in [1.807, 2.05) is 30.3 Å². The smallest absolute Gasteiger partial charge is 0.407 e. The van der Waals surface area contributed by atoms with Gasteiger partial charge in [0.1, 0.15) is 6.61 Å². The largest absolute Gasteiger partial charge is 0.445 e. The van der Waals surface area contributed by atoms with E-state index in [0.29, 0.717) is 19.0 Å². The SMILES string of the molecule is CC(C)(C)CC1CC(NC(=O)OCc2ccccc2)CN(CC#N)C1. The van der Waals surface area contributed by atoms with Gasteiger partial charge in [0.05, 0.1) is 12.6 Å². The molecule has 1 heterocycles. The first-order chi connectivity index (χ1) is 11.9. The van der Waals surface area contributed by atoms with Gasteiger partial charge in [0.2, 0.25) is 0 Å². The maximum absolute atomic E-state index is 12.1. The van der Waals surface area contributed by atoms with Crippen molar-refractivity contribution in [3.05, 3.63) is 35.9 Å². The van der Waals surface area contributed by atoms with E-state index in [1.54, 1.807) is 0 Å². The Labute approximate surface area is 151 Å². The van der Waals surface area contributed by atoms with Crippen LogP contribution in [0.5, 0.6) is 0 Å². The number of benzene rings is 1. The number of alkyl carbamates (subject to hydrolysis) is 1. The Morgan fingerprint density at radius 1 is 1.32 bits per heavy atom. The van der Waals surface area contributed by atoms with Crippen LogP contribution in [0.2, 0.25) is 0 Å². The van der Waals surface area contributed by atoms with Gasteiger partial charge < -0.3 is 10.1 Å². The van der Waals surface area contributed by atoms with E-state index in [-0.39, 0.29) is 24.2 Å². The number of hydrogen-bond acceptors (Lipinski definition) is 4. The third-order valence-corrected chi connectivity index (χ3v) is 4.34. The second kappa shape index (κ2) is 8.87. The van der Waals surface area contributed by atoms with Gasteiger partial charge in [-0.15, -0.1) is 0 Å². The van der Waals surface area contributed by atoms with Crippen molar-refractivity contribution < 1.29 is 9.53 Å². The summed E-state index contributed by atoms with van der Waals surface area (Å²) in [5, 5.41) is 12.0. The highest BCUT2D eigenvalue weighted by Gasteiger charge is 2.30. The number of rotatable bonds is 5. The molecular formula is C20H29N3O2. The number of piperidine rings is 1. The molecule has 0 radical (unpaired) electrons. The van der Waals surface area contributed by atoms with E-state index in [9.17, 15) is 4.79 Å². The number of carbonyl (C=O) groups is 1. The van der Waals surface area contributed by atoms with Crippen LogP contribution in [-0.4, -0.2) is 36.7 Å². The summed E-state index contributed by atoms with van der Waals surface area (Å²) in [6.45, 7) is 8.98. The van der Waals surface area contributed by atoms with Gasteiger partial charge in [-0.25, -0.2) is 4.79 Å². The summed E-state index contributed by atoms with van der Waals surface area (Å²) >= 11 is 0. The number of nitrogens with one attached hydrogen (secondary N) is 1. The van der Waals surface area contributed by atoms with E-state index in [4.69, 9.17) is 10.00 Å². The summed E-state index contributed by atoms with van der Waals surface area (Å²) in [7, 11) is 0. The number of hydrogen-bond donors (Lipinski definition) is 1. The molecule has 5 heteroatoms. The van der Waals surface area contributed by atoms with Crippen LogP contribution < -0.4 is 5.32 Å². The highest BCUT2D eigenvalue weighted by atomic mass is 16.5. The third kappa shape index (κ3) is 7.15. The molecule has 0 spiro atoms. The lowest BCUT2D eigenvalue weighted by Gasteiger charge is -2.39. The zero-order chi connectivity index (χ0) is 18.3. The van der Waals surface area contributed by atoms with Crippen molar-refractivity contribution in [3.63, 3.8) is 0 Å². The molecule has 0 aliphatic carbocycles. The van der Waals surface area contributed by atoms with E-state index < -0.39 is 0 Å². The predicted octanol–water partition coefficient (Wildman–Crippen LogP) is 3.56. The first-order valence-corrected chi connectivity index (χ1v) is 8.92. The molecule has 1 aliphatic rings. The van der Waals surface area contributed by atoms with E-state index >= 15 is 0 Å². The molecule has 1 aromatic rings. The van der Waals surface area contributed by atoms with E-state index in [1.165, 1.54) is 0 Å². The predicted molar refractivity (Wildman–Crippen MR) is 97.8 cm³/mol. The van der Waals surface area contributed by atoms with Gasteiger partial charge in [-0.2, -0.15) is 5.26 Å². The molecule has 0 saturated carbocycles. The first-order valence-electron chi connectivity index (χ1n) is 8.92. The molecule has 1 saturated heterocycles. The zero-order valence-corrected chi connectivity index (χ0v) is 15.5. The highest BCUT2D eigenvalue weighted by molar-refractivity contribution is 5.67. The minimum absolute atomic E-state index is 0.0257. The molecule has 1 N–H and O–H groups in total. The Morgan fingerprint density at radius 2 is 2.04 bits per heavy atom. The monoisotopic (exact) mass is 343 g/mol. The van der Waals surface area contributed by atoms with Gasteiger partial charge in [0.15, 0.2) is 0 Å². The average molecular weight is 343 g/mol. The van der Waals surface area contributed by atoms with Crippen LogP contribution in [-0.2, 0) is 11.3 Å². The Balaban J connectivity index is 1.87. The summed E-state index contributed by atoms with van der Waals surface area (Å²) in [5.41, 5.74) is 1.21. The fourth-order valence-electron chi connectivity index (χ4n) is 3.58. The van der Waals surface area contributed by atoms with Crippen LogP contribution in [0.1, 0.15) is 39.2 Å². The van der Waals surface area contributed by atoms with Crippen molar-refractivity contribution >= 4 is 6.09 Å².